The summed E-state index contributed by atoms with van der Waals surface area (Å²) in [7, 11) is 0. The average Bonchev–Trinajstić information content (AvgIpc) is 3.29. The van der Waals surface area contributed by atoms with Crippen molar-refractivity contribution in [3.63, 3.8) is 0 Å². The third-order valence-corrected chi connectivity index (χ3v) is 6.64. The Morgan fingerprint density at radius 1 is 0.677 bits per heavy atom. The summed E-state index contributed by atoms with van der Waals surface area (Å²) in [6.45, 7) is 15.0. The zero-order valence-corrected chi connectivity index (χ0v) is 20.0. The highest BCUT2D eigenvalue weighted by atomic mass is 16.5. The first kappa shape index (κ1) is 22.2. The van der Waals surface area contributed by atoms with Gasteiger partial charge in [0.15, 0.2) is 0 Å². The summed E-state index contributed by atoms with van der Waals surface area (Å²) < 4.78 is 12.7. The Morgan fingerprint density at radius 3 is 1.32 bits per heavy atom. The lowest BCUT2D eigenvalue weighted by Crippen LogP contribution is -2.21. The molecule has 2 aliphatic rings. The second-order valence-corrected chi connectivity index (χ2v) is 9.86. The van der Waals surface area contributed by atoms with Crippen LogP contribution < -0.4 is 20.1 Å². The predicted molar refractivity (Wildman–Crippen MR) is 128 cm³/mol. The minimum absolute atomic E-state index is 0.272. The van der Waals surface area contributed by atoms with Crippen LogP contribution in [0, 0.1) is 27.7 Å². The van der Waals surface area contributed by atoms with E-state index in [4.69, 9.17) is 9.47 Å². The van der Waals surface area contributed by atoms with Crippen LogP contribution >= 0.6 is 0 Å². The molecule has 31 heavy (non-hydrogen) atoms. The SMILES string of the molecule is Cc1cc(Cc2cc(C)c(O[C@@H]3CN[C@H](C)C3)c(C)c2)cc(C)c1O[C@@H]1CN[C@H](C)C1. The maximum absolute atomic E-state index is 6.35. The molecule has 4 heteroatoms. The summed E-state index contributed by atoms with van der Waals surface area (Å²) in [5.74, 6) is 2.11. The molecule has 0 unspecified atom stereocenters. The van der Waals surface area contributed by atoms with Crippen LogP contribution in [0.25, 0.3) is 0 Å². The van der Waals surface area contributed by atoms with Crippen LogP contribution in [0.15, 0.2) is 24.3 Å². The summed E-state index contributed by atoms with van der Waals surface area (Å²) in [6, 6.07) is 10.2. The van der Waals surface area contributed by atoms with E-state index >= 15 is 0 Å². The first-order chi connectivity index (χ1) is 14.8. The maximum atomic E-state index is 6.35. The first-order valence-electron chi connectivity index (χ1n) is 11.8. The number of nitrogens with one attached hydrogen (secondary N) is 2. The fraction of sp³-hybridized carbons (Fsp3) is 0.556. The first-order valence-corrected chi connectivity index (χ1v) is 11.8. The standard InChI is InChI=1S/C27H38N2O2/c1-16-7-22(8-17(2)26(16)30-24-11-20(5)28-14-24)13-23-9-18(3)27(19(4)10-23)31-25-12-21(6)29-15-25/h7-10,20-21,24-25,28-29H,11-15H2,1-6H3/t20-,21-,24+,25+/m1/s1. The van der Waals surface area contributed by atoms with E-state index < -0.39 is 0 Å². The van der Waals surface area contributed by atoms with Gasteiger partial charge in [-0.25, -0.2) is 0 Å². The normalized spacial score (nSPS) is 25.7. The number of benzene rings is 2. The lowest BCUT2D eigenvalue weighted by molar-refractivity contribution is 0.217. The molecule has 2 aliphatic heterocycles. The van der Waals surface area contributed by atoms with Gasteiger partial charge in [-0.3, -0.25) is 0 Å². The highest BCUT2D eigenvalue weighted by Gasteiger charge is 2.24. The zero-order valence-electron chi connectivity index (χ0n) is 20.0. The van der Waals surface area contributed by atoms with Gasteiger partial charge in [-0.15, -0.1) is 0 Å². The lowest BCUT2D eigenvalue weighted by atomic mass is 9.97. The van der Waals surface area contributed by atoms with Gasteiger partial charge in [0.2, 0.25) is 0 Å². The van der Waals surface area contributed by atoms with Crippen molar-refractivity contribution in [2.24, 2.45) is 0 Å². The average molecular weight is 423 g/mol. The Morgan fingerprint density at radius 2 is 1.03 bits per heavy atom. The lowest BCUT2D eigenvalue weighted by Gasteiger charge is -2.20. The Kier molecular flexibility index (Phi) is 6.59. The molecule has 2 aromatic rings. The molecule has 0 aromatic heterocycles. The third kappa shape index (κ3) is 5.24. The predicted octanol–water partition coefficient (Wildman–Crippen LogP) is 4.77. The quantitative estimate of drug-likeness (QED) is 0.704. The van der Waals surface area contributed by atoms with Crippen LogP contribution in [0.1, 0.15) is 60.1 Å². The van der Waals surface area contributed by atoms with Crippen molar-refractivity contribution in [3.8, 4) is 11.5 Å². The summed E-state index contributed by atoms with van der Waals surface area (Å²) in [5, 5.41) is 6.95. The molecule has 2 aromatic carbocycles. The highest BCUT2D eigenvalue weighted by molar-refractivity contribution is 5.48. The molecule has 0 amide bonds. The van der Waals surface area contributed by atoms with Crippen LogP contribution in [0.2, 0.25) is 0 Å². The largest absolute Gasteiger partial charge is 0.488 e. The fourth-order valence-electron chi connectivity index (χ4n) is 5.19. The molecule has 2 N–H and O–H groups in total. The Balaban J connectivity index is 1.47. The molecular weight excluding hydrogens is 384 g/mol. The Hall–Kier alpha value is -2.04. The van der Waals surface area contributed by atoms with E-state index in [1.54, 1.807) is 0 Å². The van der Waals surface area contributed by atoms with Crippen LogP contribution in [-0.4, -0.2) is 37.4 Å². The Bertz CT molecular complexity index is 817. The molecule has 4 atom stereocenters. The molecule has 0 bridgehead atoms. The summed E-state index contributed by atoms with van der Waals surface area (Å²) >= 11 is 0. The molecule has 2 heterocycles. The fourth-order valence-corrected chi connectivity index (χ4v) is 5.19. The molecule has 4 nitrogen and oxygen atoms in total. The second kappa shape index (κ2) is 9.22. The maximum Gasteiger partial charge on any atom is 0.125 e. The molecule has 0 radical (unpaired) electrons. The van der Waals surface area contributed by atoms with Gasteiger partial charge >= 0.3 is 0 Å². The van der Waals surface area contributed by atoms with E-state index in [1.807, 2.05) is 0 Å². The molecule has 0 spiro atoms. The molecule has 0 saturated carbocycles. The van der Waals surface area contributed by atoms with E-state index in [9.17, 15) is 0 Å². The molecular formula is C27H38N2O2. The van der Waals surface area contributed by atoms with E-state index in [2.05, 4.69) is 76.4 Å². The second-order valence-electron chi connectivity index (χ2n) is 9.86. The number of hydrogen-bond acceptors (Lipinski definition) is 4. The van der Waals surface area contributed by atoms with Crippen LogP contribution in [0.3, 0.4) is 0 Å². The molecule has 4 rings (SSSR count). The van der Waals surface area contributed by atoms with Crippen molar-refractivity contribution in [1.82, 2.24) is 10.6 Å². The van der Waals surface area contributed by atoms with E-state index in [0.717, 1.165) is 43.9 Å². The van der Waals surface area contributed by atoms with Gasteiger partial charge in [0.05, 0.1) is 0 Å². The minimum atomic E-state index is 0.272. The number of aryl methyl sites for hydroxylation is 4. The van der Waals surface area contributed by atoms with E-state index in [1.165, 1.54) is 33.4 Å². The molecule has 2 saturated heterocycles. The number of ether oxygens (including phenoxy) is 2. The van der Waals surface area contributed by atoms with Gasteiger partial charge in [-0.2, -0.15) is 0 Å². The van der Waals surface area contributed by atoms with Gasteiger partial charge in [-0.1, -0.05) is 24.3 Å². The van der Waals surface area contributed by atoms with Crippen molar-refractivity contribution in [2.45, 2.75) is 85.1 Å². The van der Waals surface area contributed by atoms with Gasteiger partial charge in [-0.05, 0) is 81.3 Å². The van der Waals surface area contributed by atoms with Crippen molar-refractivity contribution in [2.75, 3.05) is 13.1 Å². The molecule has 0 aliphatic carbocycles. The molecule has 2 fully saturated rings. The van der Waals surface area contributed by atoms with Crippen LogP contribution in [-0.2, 0) is 6.42 Å². The summed E-state index contributed by atoms with van der Waals surface area (Å²) in [6.07, 6.45) is 3.61. The Labute approximate surface area is 187 Å². The number of rotatable bonds is 6. The minimum Gasteiger partial charge on any atom is -0.488 e. The van der Waals surface area contributed by atoms with Gasteiger partial charge in [0, 0.05) is 38.0 Å². The monoisotopic (exact) mass is 422 g/mol. The smallest absolute Gasteiger partial charge is 0.125 e. The van der Waals surface area contributed by atoms with E-state index in [0.29, 0.717) is 12.1 Å². The highest BCUT2D eigenvalue weighted by Crippen LogP contribution is 2.31. The van der Waals surface area contributed by atoms with Crippen molar-refractivity contribution in [1.29, 1.82) is 0 Å². The van der Waals surface area contributed by atoms with Crippen LogP contribution in [0.4, 0.5) is 0 Å². The molecule has 168 valence electrons. The van der Waals surface area contributed by atoms with Crippen molar-refractivity contribution in [3.05, 3.63) is 57.6 Å². The van der Waals surface area contributed by atoms with Gasteiger partial charge < -0.3 is 20.1 Å². The summed E-state index contributed by atoms with van der Waals surface area (Å²) in [4.78, 5) is 0. The van der Waals surface area contributed by atoms with Gasteiger partial charge in [0.1, 0.15) is 23.7 Å². The zero-order chi connectivity index (χ0) is 22.1. The summed E-state index contributed by atoms with van der Waals surface area (Å²) in [5.41, 5.74) is 7.58. The van der Waals surface area contributed by atoms with Gasteiger partial charge in [0.25, 0.3) is 0 Å². The van der Waals surface area contributed by atoms with Crippen LogP contribution in [0.5, 0.6) is 11.5 Å². The van der Waals surface area contributed by atoms with Crippen molar-refractivity contribution >= 4 is 0 Å². The van der Waals surface area contributed by atoms with Crippen molar-refractivity contribution < 1.29 is 9.47 Å². The topological polar surface area (TPSA) is 42.5 Å². The van der Waals surface area contributed by atoms with E-state index in [-0.39, 0.29) is 12.2 Å². The number of hydrogen-bond donors (Lipinski definition) is 2. The third-order valence-electron chi connectivity index (χ3n) is 6.64.